The number of carbonyl (C=O) groups excluding carboxylic acids is 1. The van der Waals surface area contributed by atoms with Gasteiger partial charge in [0.05, 0.1) is 6.61 Å². The van der Waals surface area contributed by atoms with Gasteiger partial charge in [-0.2, -0.15) is 0 Å². The molecule has 0 saturated heterocycles. The van der Waals surface area contributed by atoms with Crippen molar-refractivity contribution in [3.63, 3.8) is 0 Å². The lowest BCUT2D eigenvalue weighted by Gasteiger charge is -1.95. The van der Waals surface area contributed by atoms with E-state index in [-0.39, 0.29) is 5.97 Å². The third-order valence-corrected chi connectivity index (χ3v) is 1.51. The molecule has 0 amide bonds. The Bertz CT molecular complexity index is 68.4. The molecule has 4 heteroatoms. The zero-order valence-corrected chi connectivity index (χ0v) is 6.92. The van der Waals surface area contributed by atoms with Crippen LogP contribution in [0.5, 0.6) is 0 Å². The van der Waals surface area contributed by atoms with Crippen LogP contribution in [0.2, 0.25) is 0 Å². The Balaban J connectivity index is 3.06. The standard InChI is InChI=1S/C4H7BrO2S/c1-2-7-4(6)3-8-5/h2-3H2,1H3. The van der Waals surface area contributed by atoms with Crippen molar-refractivity contribution in [1.82, 2.24) is 0 Å². The number of rotatable bonds is 3. The lowest BCUT2D eigenvalue weighted by Crippen LogP contribution is -2.04. The van der Waals surface area contributed by atoms with E-state index in [4.69, 9.17) is 0 Å². The Labute approximate surface area is 60.2 Å². The van der Waals surface area contributed by atoms with Gasteiger partial charge in [-0.3, -0.25) is 4.79 Å². The third kappa shape index (κ3) is 4.46. The second-order valence-electron chi connectivity index (χ2n) is 1.06. The first-order chi connectivity index (χ1) is 3.81. The van der Waals surface area contributed by atoms with Crippen LogP contribution in [0, 0.1) is 0 Å². The molecule has 2 nitrogen and oxygen atoms in total. The number of hydrogen-bond acceptors (Lipinski definition) is 3. The van der Waals surface area contributed by atoms with Gasteiger partial charge in [0.15, 0.2) is 0 Å². The van der Waals surface area contributed by atoms with Crippen molar-refractivity contribution < 1.29 is 9.53 Å². The van der Waals surface area contributed by atoms with Crippen molar-refractivity contribution in [3.8, 4) is 0 Å². The Morgan fingerprint density at radius 3 is 2.88 bits per heavy atom. The molecule has 0 aromatic heterocycles. The fourth-order valence-corrected chi connectivity index (χ4v) is 0.980. The number of ether oxygens (including phenoxy) is 1. The number of halogens is 1. The van der Waals surface area contributed by atoms with Gasteiger partial charge in [-0.05, 0) is 21.7 Å². The molecule has 8 heavy (non-hydrogen) atoms. The molecule has 48 valence electrons. The van der Waals surface area contributed by atoms with E-state index in [2.05, 4.69) is 19.5 Å². The fraction of sp³-hybridized carbons (Fsp3) is 0.750. The van der Waals surface area contributed by atoms with Crippen LogP contribution in [-0.2, 0) is 9.53 Å². The first-order valence-corrected chi connectivity index (χ1v) is 5.03. The van der Waals surface area contributed by atoms with Crippen LogP contribution in [0.25, 0.3) is 0 Å². The summed E-state index contributed by atoms with van der Waals surface area (Å²) in [5.74, 6) is 0.211. The Morgan fingerprint density at radius 1 is 1.88 bits per heavy atom. The van der Waals surface area contributed by atoms with Gasteiger partial charge in [0.2, 0.25) is 0 Å². The Kier molecular flexibility index (Phi) is 5.64. The van der Waals surface area contributed by atoms with Crippen molar-refractivity contribution in [2.24, 2.45) is 0 Å². The number of hydrogen-bond donors (Lipinski definition) is 0. The molecule has 0 fully saturated rings. The molecule has 0 aromatic rings. The monoisotopic (exact) mass is 198 g/mol. The molecule has 0 aliphatic rings. The van der Waals surface area contributed by atoms with Gasteiger partial charge in [0, 0.05) is 0 Å². The van der Waals surface area contributed by atoms with Gasteiger partial charge in [-0.1, -0.05) is 10.2 Å². The van der Waals surface area contributed by atoms with Gasteiger partial charge < -0.3 is 4.74 Å². The van der Waals surface area contributed by atoms with E-state index in [1.165, 1.54) is 10.2 Å². The molecule has 0 unspecified atom stereocenters. The minimum Gasteiger partial charge on any atom is -0.465 e. The molecule has 0 aromatic carbocycles. The first kappa shape index (κ1) is 8.30. The largest absolute Gasteiger partial charge is 0.465 e. The molecule has 0 bridgehead atoms. The summed E-state index contributed by atoms with van der Waals surface area (Å²) in [6.45, 7) is 2.25. The molecular formula is C4H7BrO2S. The van der Waals surface area contributed by atoms with Gasteiger partial charge in [0.1, 0.15) is 5.75 Å². The molecule has 0 rings (SSSR count). The van der Waals surface area contributed by atoms with Crippen molar-refractivity contribution in [3.05, 3.63) is 0 Å². The second kappa shape index (κ2) is 5.44. The highest BCUT2D eigenvalue weighted by Crippen LogP contribution is 2.08. The summed E-state index contributed by atoms with van der Waals surface area (Å²) in [4.78, 5) is 10.4. The molecular weight excluding hydrogens is 192 g/mol. The number of carbonyl (C=O) groups is 1. The van der Waals surface area contributed by atoms with E-state index in [1.807, 2.05) is 0 Å². The minimum absolute atomic E-state index is 0.172. The topological polar surface area (TPSA) is 26.3 Å². The number of esters is 1. The highest BCUT2D eigenvalue weighted by atomic mass is 79.9. The van der Waals surface area contributed by atoms with E-state index < -0.39 is 0 Å². The summed E-state index contributed by atoms with van der Waals surface area (Å²) in [5.41, 5.74) is 0. The predicted octanol–water partition coefficient (Wildman–Crippen LogP) is 1.59. The van der Waals surface area contributed by atoms with E-state index in [0.717, 1.165) is 0 Å². The smallest absolute Gasteiger partial charge is 0.316 e. The van der Waals surface area contributed by atoms with Crippen LogP contribution in [0.15, 0.2) is 0 Å². The van der Waals surface area contributed by atoms with Crippen molar-refractivity contribution in [2.45, 2.75) is 6.92 Å². The molecule has 0 spiro atoms. The van der Waals surface area contributed by atoms with Gasteiger partial charge in [-0.25, -0.2) is 0 Å². The summed E-state index contributed by atoms with van der Waals surface area (Å²) < 4.78 is 4.59. The van der Waals surface area contributed by atoms with Crippen molar-refractivity contribution in [1.29, 1.82) is 0 Å². The van der Waals surface area contributed by atoms with Gasteiger partial charge in [0.25, 0.3) is 0 Å². The van der Waals surface area contributed by atoms with Crippen LogP contribution < -0.4 is 0 Å². The van der Waals surface area contributed by atoms with Crippen LogP contribution in [0.4, 0.5) is 0 Å². The second-order valence-corrected chi connectivity index (χ2v) is 2.94. The highest BCUT2D eigenvalue weighted by Gasteiger charge is 1.97. The van der Waals surface area contributed by atoms with E-state index >= 15 is 0 Å². The maximum atomic E-state index is 10.4. The summed E-state index contributed by atoms with van der Waals surface area (Å²) in [6.07, 6.45) is 0. The Morgan fingerprint density at radius 2 is 2.50 bits per heavy atom. The highest BCUT2D eigenvalue weighted by molar-refractivity contribution is 9.50. The summed E-state index contributed by atoms with van der Waals surface area (Å²) in [5, 5.41) is 0. The summed E-state index contributed by atoms with van der Waals surface area (Å²) >= 11 is 3.04. The van der Waals surface area contributed by atoms with Crippen molar-refractivity contribution in [2.75, 3.05) is 12.4 Å². The summed E-state index contributed by atoms with van der Waals surface area (Å²) in [6, 6.07) is 0. The van der Waals surface area contributed by atoms with Crippen LogP contribution in [-0.4, -0.2) is 18.3 Å². The van der Waals surface area contributed by atoms with Crippen LogP contribution in [0.1, 0.15) is 6.92 Å². The van der Waals surface area contributed by atoms with E-state index in [9.17, 15) is 4.79 Å². The third-order valence-electron chi connectivity index (χ3n) is 0.478. The average Bonchev–Trinajstić information content (AvgIpc) is 1.68. The quantitative estimate of drug-likeness (QED) is 0.645. The molecule has 0 aliphatic carbocycles. The Hall–Kier alpha value is 0.300. The molecule has 0 heterocycles. The molecule has 0 saturated carbocycles. The zero-order valence-electron chi connectivity index (χ0n) is 4.52. The maximum Gasteiger partial charge on any atom is 0.316 e. The van der Waals surface area contributed by atoms with Crippen LogP contribution in [0.3, 0.4) is 0 Å². The first-order valence-electron chi connectivity index (χ1n) is 2.20. The van der Waals surface area contributed by atoms with Gasteiger partial charge >= 0.3 is 5.97 Å². The SMILES string of the molecule is CCOC(=O)CSBr. The normalized spacial score (nSPS) is 8.75. The molecule has 0 N–H and O–H groups in total. The predicted molar refractivity (Wildman–Crippen MR) is 38.0 cm³/mol. The van der Waals surface area contributed by atoms with E-state index in [0.29, 0.717) is 12.4 Å². The molecule has 0 atom stereocenters. The van der Waals surface area contributed by atoms with Crippen LogP contribution >= 0.6 is 25.0 Å². The summed E-state index contributed by atoms with van der Waals surface area (Å²) in [7, 11) is 1.29. The van der Waals surface area contributed by atoms with Gasteiger partial charge in [-0.15, -0.1) is 0 Å². The maximum absolute atomic E-state index is 10.4. The zero-order chi connectivity index (χ0) is 6.41. The lowest BCUT2D eigenvalue weighted by atomic mass is 10.8. The van der Waals surface area contributed by atoms with Crippen molar-refractivity contribution >= 4 is 31.0 Å². The van der Waals surface area contributed by atoms with E-state index in [1.54, 1.807) is 6.92 Å². The fourth-order valence-electron chi connectivity index (χ4n) is 0.247. The molecule has 0 radical (unpaired) electrons. The minimum atomic E-state index is -0.172. The lowest BCUT2D eigenvalue weighted by molar-refractivity contribution is -0.139. The average molecular weight is 199 g/mol. The molecule has 0 aliphatic heterocycles.